The molecule has 0 fully saturated rings. The molecule has 0 aliphatic carbocycles. The molecule has 10 heteroatoms. The molecule has 2 amide bonds. The Morgan fingerprint density at radius 2 is 1.86 bits per heavy atom. The van der Waals surface area contributed by atoms with E-state index in [1.807, 2.05) is 32.9 Å². The summed E-state index contributed by atoms with van der Waals surface area (Å²) in [5.74, 6) is -0.328. The van der Waals surface area contributed by atoms with E-state index in [1.54, 1.807) is 23.2 Å². The number of carbonyl (C=O) groups is 2. The smallest absolute Gasteiger partial charge is 0.416 e. The number of fused-ring (bicyclic) bond motifs is 1. The third-order valence-electron chi connectivity index (χ3n) is 5.62. The minimum Gasteiger partial charge on any atom is -0.444 e. The van der Waals surface area contributed by atoms with Crippen molar-refractivity contribution < 1.29 is 27.5 Å². The fourth-order valence-corrected chi connectivity index (χ4v) is 3.93. The minimum atomic E-state index is -4.41. The molecule has 0 bridgehead atoms. The van der Waals surface area contributed by atoms with E-state index in [2.05, 4.69) is 10.4 Å². The lowest BCUT2D eigenvalue weighted by atomic mass is 9.97. The van der Waals surface area contributed by atoms with Crippen LogP contribution in [0, 0.1) is 0 Å². The molecule has 2 heterocycles. The highest BCUT2D eigenvalue weighted by atomic mass is 19.4. The van der Waals surface area contributed by atoms with Crippen molar-refractivity contribution in [1.29, 1.82) is 0 Å². The Morgan fingerprint density at radius 3 is 2.58 bits per heavy atom. The number of alkyl halides is 3. The van der Waals surface area contributed by atoms with Gasteiger partial charge in [-0.25, -0.2) is 4.79 Å². The van der Waals surface area contributed by atoms with Crippen LogP contribution in [-0.4, -0.2) is 38.8 Å². The standard InChI is InChI=1S/C26H27F3N4O3/c1-25(2,3)36-24(35)32-10-9-18-12-19(7-8-20(18)15-32)23(34)31-22-13-30-33(16-22)14-17-5-4-6-21(11-17)26(27,28)29/h4-8,11-13,16H,9-10,14-15H2,1-3H3,(H,31,34). The molecular formula is C26H27F3N4O3. The highest BCUT2D eigenvalue weighted by molar-refractivity contribution is 6.04. The molecule has 3 aromatic rings. The number of amides is 2. The van der Waals surface area contributed by atoms with Crippen molar-refractivity contribution in [2.24, 2.45) is 0 Å². The van der Waals surface area contributed by atoms with Crippen molar-refractivity contribution in [3.8, 4) is 0 Å². The second-order valence-electron chi connectivity index (χ2n) is 9.71. The average Bonchev–Trinajstić information content (AvgIpc) is 3.23. The van der Waals surface area contributed by atoms with Gasteiger partial charge in [0.2, 0.25) is 0 Å². The van der Waals surface area contributed by atoms with Gasteiger partial charge in [-0.2, -0.15) is 18.3 Å². The summed E-state index contributed by atoms with van der Waals surface area (Å²) in [4.78, 5) is 26.8. The Balaban J connectivity index is 1.38. The zero-order chi connectivity index (χ0) is 26.1. The molecule has 190 valence electrons. The summed E-state index contributed by atoms with van der Waals surface area (Å²) in [5.41, 5.74) is 2.00. The fourth-order valence-electron chi connectivity index (χ4n) is 3.93. The van der Waals surface area contributed by atoms with Gasteiger partial charge in [-0.15, -0.1) is 0 Å². The lowest BCUT2D eigenvalue weighted by Crippen LogP contribution is -2.39. The Labute approximate surface area is 206 Å². The van der Waals surface area contributed by atoms with Crippen LogP contribution in [0.25, 0.3) is 0 Å². The quantitative estimate of drug-likeness (QED) is 0.514. The lowest BCUT2D eigenvalue weighted by Gasteiger charge is -2.31. The van der Waals surface area contributed by atoms with Crippen LogP contribution in [-0.2, 0) is 30.4 Å². The summed E-state index contributed by atoms with van der Waals surface area (Å²) in [7, 11) is 0. The van der Waals surface area contributed by atoms with Crippen molar-refractivity contribution in [1.82, 2.24) is 14.7 Å². The van der Waals surface area contributed by atoms with Crippen molar-refractivity contribution in [3.05, 3.63) is 82.7 Å². The third kappa shape index (κ3) is 6.24. The molecule has 1 aliphatic heterocycles. The van der Waals surface area contributed by atoms with Gasteiger partial charge in [0.05, 0.1) is 24.0 Å². The minimum absolute atomic E-state index is 0.132. The number of carbonyl (C=O) groups excluding carboxylic acids is 2. The summed E-state index contributed by atoms with van der Waals surface area (Å²) in [6, 6.07) is 10.4. The SMILES string of the molecule is CC(C)(C)OC(=O)N1CCc2cc(C(=O)Nc3cnn(Cc4cccc(C(F)(F)F)c4)c3)ccc2C1. The van der Waals surface area contributed by atoms with Gasteiger partial charge < -0.3 is 15.0 Å². The summed E-state index contributed by atoms with van der Waals surface area (Å²) in [5, 5.41) is 6.91. The maximum absolute atomic E-state index is 12.9. The van der Waals surface area contributed by atoms with Crippen LogP contribution in [0.15, 0.2) is 54.9 Å². The zero-order valence-electron chi connectivity index (χ0n) is 20.2. The number of hydrogen-bond acceptors (Lipinski definition) is 4. The number of nitrogens with zero attached hydrogens (tertiary/aromatic N) is 3. The van der Waals surface area contributed by atoms with Crippen LogP contribution in [0.5, 0.6) is 0 Å². The number of halogens is 3. The number of nitrogens with one attached hydrogen (secondary N) is 1. The topological polar surface area (TPSA) is 76.5 Å². The molecule has 36 heavy (non-hydrogen) atoms. The van der Waals surface area contributed by atoms with Gasteiger partial charge in [0.1, 0.15) is 5.60 Å². The van der Waals surface area contributed by atoms with Gasteiger partial charge >= 0.3 is 12.3 Å². The number of ether oxygens (including phenoxy) is 1. The first kappa shape index (κ1) is 25.3. The Kier molecular flexibility index (Phi) is 6.79. The van der Waals surface area contributed by atoms with E-state index < -0.39 is 17.3 Å². The lowest BCUT2D eigenvalue weighted by molar-refractivity contribution is -0.137. The normalized spacial score (nSPS) is 13.8. The van der Waals surface area contributed by atoms with E-state index >= 15 is 0 Å². The molecule has 0 unspecified atom stereocenters. The molecular weight excluding hydrogens is 473 g/mol. The van der Waals surface area contributed by atoms with Crippen LogP contribution in [0.4, 0.5) is 23.7 Å². The first-order chi connectivity index (χ1) is 16.9. The number of anilines is 1. The summed E-state index contributed by atoms with van der Waals surface area (Å²) in [6.07, 6.45) is -1.16. The van der Waals surface area contributed by atoms with E-state index in [0.717, 1.165) is 23.3 Å². The summed E-state index contributed by atoms with van der Waals surface area (Å²) in [6.45, 7) is 6.50. The van der Waals surface area contributed by atoms with Crippen molar-refractivity contribution in [3.63, 3.8) is 0 Å². The zero-order valence-corrected chi connectivity index (χ0v) is 20.2. The van der Waals surface area contributed by atoms with Gasteiger partial charge in [-0.3, -0.25) is 9.48 Å². The van der Waals surface area contributed by atoms with Crippen LogP contribution < -0.4 is 5.32 Å². The van der Waals surface area contributed by atoms with Gasteiger partial charge in [-0.1, -0.05) is 18.2 Å². The van der Waals surface area contributed by atoms with Crippen LogP contribution in [0.2, 0.25) is 0 Å². The molecule has 1 aromatic heterocycles. The van der Waals surface area contributed by atoms with Crippen LogP contribution in [0.3, 0.4) is 0 Å². The molecule has 1 aliphatic rings. The van der Waals surface area contributed by atoms with Crippen molar-refractivity contribution >= 4 is 17.7 Å². The van der Waals surface area contributed by atoms with Crippen molar-refractivity contribution in [2.45, 2.75) is 52.1 Å². The monoisotopic (exact) mass is 500 g/mol. The molecule has 0 saturated carbocycles. The average molecular weight is 501 g/mol. The fraction of sp³-hybridized carbons (Fsp3) is 0.346. The van der Waals surface area contributed by atoms with E-state index in [9.17, 15) is 22.8 Å². The first-order valence-electron chi connectivity index (χ1n) is 11.5. The highest BCUT2D eigenvalue weighted by Gasteiger charge is 2.30. The molecule has 2 aromatic carbocycles. The molecule has 0 saturated heterocycles. The second-order valence-corrected chi connectivity index (χ2v) is 9.71. The number of aromatic nitrogens is 2. The van der Waals surface area contributed by atoms with Crippen LogP contribution >= 0.6 is 0 Å². The number of benzene rings is 2. The van der Waals surface area contributed by atoms with Crippen molar-refractivity contribution in [2.75, 3.05) is 11.9 Å². The Bertz CT molecular complexity index is 1280. The van der Waals surface area contributed by atoms with E-state index in [4.69, 9.17) is 4.74 Å². The Hall–Kier alpha value is -3.82. The summed E-state index contributed by atoms with van der Waals surface area (Å²) < 4.78 is 45.7. The maximum atomic E-state index is 12.9. The summed E-state index contributed by atoms with van der Waals surface area (Å²) >= 11 is 0. The second kappa shape index (κ2) is 9.67. The predicted octanol–water partition coefficient (Wildman–Crippen LogP) is 5.50. The van der Waals surface area contributed by atoms with Gasteiger partial charge in [0.15, 0.2) is 0 Å². The predicted molar refractivity (Wildman–Crippen MR) is 128 cm³/mol. The van der Waals surface area contributed by atoms with E-state index in [1.165, 1.54) is 16.9 Å². The highest BCUT2D eigenvalue weighted by Crippen LogP contribution is 2.29. The molecule has 1 N–H and O–H groups in total. The molecule has 0 spiro atoms. The van der Waals surface area contributed by atoms with E-state index in [0.29, 0.717) is 36.3 Å². The van der Waals surface area contributed by atoms with Gasteiger partial charge in [-0.05, 0) is 68.1 Å². The third-order valence-corrected chi connectivity index (χ3v) is 5.62. The number of hydrogen-bond donors (Lipinski definition) is 1. The van der Waals surface area contributed by atoms with Crippen LogP contribution in [0.1, 0.15) is 53.4 Å². The maximum Gasteiger partial charge on any atom is 0.416 e. The first-order valence-corrected chi connectivity index (χ1v) is 11.5. The number of rotatable bonds is 4. The Morgan fingerprint density at radius 1 is 1.08 bits per heavy atom. The van der Waals surface area contributed by atoms with Gasteiger partial charge in [0.25, 0.3) is 5.91 Å². The van der Waals surface area contributed by atoms with E-state index in [-0.39, 0.29) is 18.5 Å². The molecule has 0 atom stereocenters. The molecule has 4 rings (SSSR count). The van der Waals surface area contributed by atoms with Gasteiger partial charge in [0, 0.05) is 24.8 Å². The largest absolute Gasteiger partial charge is 0.444 e. The molecule has 0 radical (unpaired) electrons. The molecule has 7 nitrogen and oxygen atoms in total.